The van der Waals surface area contributed by atoms with Gasteiger partial charge in [-0.15, -0.1) is 0 Å². The van der Waals surface area contributed by atoms with Crippen molar-refractivity contribution < 1.29 is 0 Å². The van der Waals surface area contributed by atoms with E-state index in [2.05, 4.69) is 25.7 Å². The first-order valence-electron chi connectivity index (χ1n) is 4.01. The van der Waals surface area contributed by atoms with Crippen molar-refractivity contribution in [3.63, 3.8) is 0 Å². The minimum atomic E-state index is 1.05. The number of hydrogen-bond acceptors (Lipinski definition) is 1. The molecular weight excluding hydrogens is 134 g/mol. The molecule has 0 amide bonds. The normalized spacial score (nSPS) is 12.0. The molecule has 0 atom stereocenters. The average molecular weight is 151 g/mol. The van der Waals surface area contributed by atoms with Gasteiger partial charge in [0.05, 0.1) is 0 Å². The Kier molecular flexibility index (Phi) is 6.50. The van der Waals surface area contributed by atoms with Gasteiger partial charge in [0.2, 0.25) is 0 Å². The van der Waals surface area contributed by atoms with Gasteiger partial charge in [0.1, 0.15) is 0 Å². The lowest BCUT2D eigenvalue weighted by Crippen LogP contribution is -2.10. The van der Waals surface area contributed by atoms with Gasteiger partial charge in [-0.2, -0.15) is 0 Å². The molecule has 0 aromatic heterocycles. The number of allylic oxidation sites excluding steroid dienone is 5. The van der Waals surface area contributed by atoms with Crippen molar-refractivity contribution in [3.8, 4) is 0 Å². The van der Waals surface area contributed by atoms with Gasteiger partial charge in [0.15, 0.2) is 0 Å². The maximum absolute atomic E-state index is 3.58. The molecule has 0 aliphatic heterocycles. The summed E-state index contributed by atoms with van der Waals surface area (Å²) < 4.78 is 0. The minimum absolute atomic E-state index is 1.05. The summed E-state index contributed by atoms with van der Waals surface area (Å²) >= 11 is 0. The third-order valence-electron chi connectivity index (χ3n) is 1.25. The van der Waals surface area contributed by atoms with Gasteiger partial charge >= 0.3 is 0 Å². The quantitative estimate of drug-likeness (QED) is 0.596. The van der Waals surface area contributed by atoms with E-state index in [0.717, 1.165) is 13.0 Å². The van der Waals surface area contributed by atoms with Gasteiger partial charge in [0, 0.05) is 12.2 Å². The van der Waals surface area contributed by atoms with Crippen molar-refractivity contribution in [3.05, 3.63) is 36.6 Å². The fourth-order valence-corrected chi connectivity index (χ4v) is 0.660. The molecule has 62 valence electrons. The summed E-state index contributed by atoms with van der Waals surface area (Å²) in [5.41, 5.74) is 1.20. The van der Waals surface area contributed by atoms with Gasteiger partial charge in [-0.1, -0.05) is 31.7 Å². The van der Waals surface area contributed by atoms with Crippen LogP contribution in [0, 0.1) is 0 Å². The maximum Gasteiger partial charge on any atom is 0.0141 e. The summed E-state index contributed by atoms with van der Waals surface area (Å²) in [5, 5.41) is 3.27. The fourth-order valence-electron chi connectivity index (χ4n) is 0.660. The second-order valence-electron chi connectivity index (χ2n) is 2.40. The van der Waals surface area contributed by atoms with Crippen LogP contribution in [0.15, 0.2) is 36.6 Å². The Bertz CT molecular complexity index is 154. The first kappa shape index (κ1) is 10.0. The maximum atomic E-state index is 3.58. The SMILES string of the molecule is C=C/C=C\C=C(/C)NCCC. The second-order valence-corrected chi connectivity index (χ2v) is 2.40. The zero-order valence-electron chi connectivity index (χ0n) is 7.43. The molecule has 0 spiro atoms. The van der Waals surface area contributed by atoms with Crippen molar-refractivity contribution in [2.24, 2.45) is 0 Å². The van der Waals surface area contributed by atoms with Crippen LogP contribution in [0.25, 0.3) is 0 Å². The molecule has 0 saturated carbocycles. The van der Waals surface area contributed by atoms with Crippen LogP contribution in [0.5, 0.6) is 0 Å². The topological polar surface area (TPSA) is 12.0 Å². The van der Waals surface area contributed by atoms with Crippen LogP contribution in [0.1, 0.15) is 20.3 Å². The molecule has 1 nitrogen and oxygen atoms in total. The van der Waals surface area contributed by atoms with Crippen LogP contribution < -0.4 is 5.32 Å². The second kappa shape index (κ2) is 7.13. The predicted octanol–water partition coefficient (Wildman–Crippen LogP) is 2.63. The highest BCUT2D eigenvalue weighted by Crippen LogP contribution is 1.87. The van der Waals surface area contributed by atoms with Gasteiger partial charge in [0.25, 0.3) is 0 Å². The van der Waals surface area contributed by atoms with Gasteiger partial charge in [-0.05, 0) is 19.4 Å². The van der Waals surface area contributed by atoms with Crippen LogP contribution in [0.2, 0.25) is 0 Å². The van der Waals surface area contributed by atoms with E-state index in [1.165, 1.54) is 5.70 Å². The zero-order chi connectivity index (χ0) is 8.53. The van der Waals surface area contributed by atoms with E-state index in [-0.39, 0.29) is 0 Å². The summed E-state index contributed by atoms with van der Waals surface area (Å²) in [6.07, 6.45) is 8.86. The Morgan fingerprint density at radius 1 is 1.45 bits per heavy atom. The monoisotopic (exact) mass is 151 g/mol. The molecule has 0 aromatic carbocycles. The Balaban J connectivity index is 3.61. The first-order chi connectivity index (χ1) is 5.31. The third-order valence-corrected chi connectivity index (χ3v) is 1.25. The van der Waals surface area contributed by atoms with Gasteiger partial charge in [-0.3, -0.25) is 0 Å². The lowest BCUT2D eigenvalue weighted by molar-refractivity contribution is 0.770. The Morgan fingerprint density at radius 2 is 2.18 bits per heavy atom. The standard InChI is InChI=1S/C10H17N/c1-4-6-7-8-10(3)11-9-5-2/h4,6-8,11H,1,5,9H2,2-3H3/b7-6-,10-8+. The Labute approximate surface area is 69.5 Å². The van der Waals surface area contributed by atoms with Crippen LogP contribution in [0.3, 0.4) is 0 Å². The molecule has 0 bridgehead atoms. The Hall–Kier alpha value is -0.980. The summed E-state index contributed by atoms with van der Waals surface area (Å²) in [6, 6.07) is 0. The van der Waals surface area contributed by atoms with Crippen molar-refractivity contribution in [2.75, 3.05) is 6.54 Å². The van der Waals surface area contributed by atoms with Crippen molar-refractivity contribution >= 4 is 0 Å². The van der Waals surface area contributed by atoms with E-state index >= 15 is 0 Å². The van der Waals surface area contributed by atoms with E-state index < -0.39 is 0 Å². The zero-order valence-corrected chi connectivity index (χ0v) is 7.43. The molecule has 0 saturated heterocycles. The third kappa shape index (κ3) is 6.91. The van der Waals surface area contributed by atoms with E-state index in [1.54, 1.807) is 6.08 Å². The van der Waals surface area contributed by atoms with E-state index in [0.29, 0.717) is 0 Å². The molecular formula is C10H17N. The lowest BCUT2D eigenvalue weighted by atomic mass is 10.3. The smallest absolute Gasteiger partial charge is 0.0141 e. The summed E-state index contributed by atoms with van der Waals surface area (Å²) in [7, 11) is 0. The van der Waals surface area contributed by atoms with E-state index in [4.69, 9.17) is 0 Å². The molecule has 0 rings (SSSR count). The van der Waals surface area contributed by atoms with Crippen LogP contribution >= 0.6 is 0 Å². The molecule has 0 unspecified atom stereocenters. The first-order valence-corrected chi connectivity index (χ1v) is 4.01. The van der Waals surface area contributed by atoms with Crippen molar-refractivity contribution in [1.29, 1.82) is 0 Å². The minimum Gasteiger partial charge on any atom is -0.389 e. The molecule has 0 fully saturated rings. The van der Waals surface area contributed by atoms with Crippen molar-refractivity contribution in [2.45, 2.75) is 20.3 Å². The largest absolute Gasteiger partial charge is 0.389 e. The van der Waals surface area contributed by atoms with Crippen LogP contribution in [-0.2, 0) is 0 Å². The van der Waals surface area contributed by atoms with Crippen LogP contribution in [-0.4, -0.2) is 6.54 Å². The molecule has 1 heteroatoms. The summed E-state index contributed by atoms with van der Waals surface area (Å²) in [6.45, 7) is 8.84. The number of rotatable bonds is 5. The van der Waals surface area contributed by atoms with Crippen molar-refractivity contribution in [1.82, 2.24) is 5.32 Å². The molecule has 11 heavy (non-hydrogen) atoms. The molecule has 0 aliphatic carbocycles. The molecule has 0 radical (unpaired) electrons. The highest BCUT2D eigenvalue weighted by atomic mass is 14.9. The van der Waals surface area contributed by atoms with Gasteiger partial charge < -0.3 is 5.32 Å². The predicted molar refractivity (Wildman–Crippen MR) is 51.4 cm³/mol. The lowest BCUT2D eigenvalue weighted by Gasteiger charge is -2.01. The van der Waals surface area contributed by atoms with E-state index in [1.807, 2.05) is 18.2 Å². The van der Waals surface area contributed by atoms with Gasteiger partial charge in [-0.25, -0.2) is 0 Å². The summed E-state index contributed by atoms with van der Waals surface area (Å²) in [5.74, 6) is 0. The fraction of sp³-hybridized carbons (Fsp3) is 0.400. The summed E-state index contributed by atoms with van der Waals surface area (Å²) in [4.78, 5) is 0. The highest BCUT2D eigenvalue weighted by molar-refractivity contribution is 5.12. The Morgan fingerprint density at radius 3 is 2.73 bits per heavy atom. The number of nitrogens with one attached hydrogen (secondary N) is 1. The van der Waals surface area contributed by atoms with E-state index in [9.17, 15) is 0 Å². The average Bonchev–Trinajstić information content (AvgIpc) is 2.01. The van der Waals surface area contributed by atoms with Crippen LogP contribution in [0.4, 0.5) is 0 Å². The molecule has 0 aliphatic rings. The highest BCUT2D eigenvalue weighted by Gasteiger charge is 1.81. The molecule has 1 N–H and O–H groups in total. The number of hydrogen-bond donors (Lipinski definition) is 1. The molecule has 0 aromatic rings. The molecule has 0 heterocycles.